The van der Waals surface area contributed by atoms with Crippen LogP contribution in [0.5, 0.6) is 0 Å². The Balaban J connectivity index is 0.000001000. The Morgan fingerprint density at radius 3 is 2.78 bits per heavy atom. The van der Waals surface area contributed by atoms with Crippen LogP contribution in [0, 0.1) is 0 Å². The molecule has 0 saturated heterocycles. The molecular weight excluding hydrogens is 244 g/mol. The Morgan fingerprint density at radius 2 is 1.83 bits per heavy atom. The molecule has 3 aromatic rings. The Bertz CT molecular complexity index is 884. The van der Waals surface area contributed by atoms with Crippen molar-refractivity contribution in [1.29, 1.82) is 0 Å². The zero-order valence-corrected chi connectivity index (χ0v) is 10.2. The molecule has 0 spiro atoms. The molecule has 0 radical (unpaired) electrons. The number of para-hydroxylation sites is 1. The van der Waals surface area contributed by atoms with E-state index >= 15 is 0 Å². The molecule has 18 heavy (non-hydrogen) atoms. The molecule has 0 fully saturated rings. The normalized spacial score (nSPS) is 12.2. The van der Waals surface area contributed by atoms with Crippen LogP contribution in [0.25, 0.3) is 34.1 Å². The fourth-order valence-corrected chi connectivity index (χ4v) is 2.41. The summed E-state index contributed by atoms with van der Waals surface area (Å²) < 4.78 is 5.84. The van der Waals surface area contributed by atoms with E-state index in [1.807, 2.05) is 36.4 Å². The maximum atomic E-state index is 5.84. The highest BCUT2D eigenvalue weighted by atomic mass is 35.5. The van der Waals surface area contributed by atoms with Crippen LogP contribution < -0.4 is 22.8 Å². The maximum absolute atomic E-state index is 5.84. The van der Waals surface area contributed by atoms with Crippen LogP contribution in [-0.4, -0.2) is 0 Å². The maximum Gasteiger partial charge on any atom is 0.179 e. The minimum absolute atomic E-state index is 0. The van der Waals surface area contributed by atoms with E-state index in [2.05, 4.69) is 24.3 Å². The minimum Gasteiger partial charge on any atom is -1.00 e. The molecule has 2 heteroatoms. The first-order chi connectivity index (χ1) is 8.43. The lowest BCUT2D eigenvalue weighted by Crippen LogP contribution is -3.00. The first-order valence-corrected chi connectivity index (χ1v) is 5.64. The van der Waals surface area contributed by atoms with E-state index in [-0.39, 0.29) is 12.4 Å². The number of rotatable bonds is 0. The van der Waals surface area contributed by atoms with Crippen LogP contribution in [0.15, 0.2) is 53.0 Å². The van der Waals surface area contributed by atoms with Crippen molar-refractivity contribution in [1.82, 2.24) is 0 Å². The predicted octanol–water partition coefficient (Wildman–Crippen LogP) is -0.402. The van der Waals surface area contributed by atoms with Gasteiger partial charge in [-0.15, -0.1) is 0 Å². The lowest BCUT2D eigenvalue weighted by atomic mass is 10.1. The third-order valence-corrected chi connectivity index (χ3v) is 3.18. The molecule has 1 aliphatic carbocycles. The second-order valence-corrected chi connectivity index (χ2v) is 4.17. The van der Waals surface area contributed by atoms with Gasteiger partial charge in [-0.1, -0.05) is 12.1 Å². The summed E-state index contributed by atoms with van der Waals surface area (Å²) in [6.45, 7) is 0. The first kappa shape index (κ1) is 11.0. The van der Waals surface area contributed by atoms with Crippen LogP contribution in [0.1, 0.15) is 0 Å². The molecule has 0 bridgehead atoms. The largest absolute Gasteiger partial charge is 1.00 e. The summed E-state index contributed by atoms with van der Waals surface area (Å²) in [6.07, 6.45) is 9.37. The van der Waals surface area contributed by atoms with Crippen molar-refractivity contribution in [2.45, 2.75) is 0 Å². The molecule has 1 aromatic heterocycles. The lowest BCUT2D eigenvalue weighted by molar-refractivity contribution is -0.00000363. The molecule has 0 unspecified atom stereocenters. The molecule has 0 saturated carbocycles. The summed E-state index contributed by atoms with van der Waals surface area (Å²) in [5.41, 5.74) is 1.87. The number of hydrogen-bond acceptors (Lipinski definition) is 1. The van der Waals surface area contributed by atoms with Gasteiger partial charge in [-0.3, -0.25) is 0 Å². The van der Waals surface area contributed by atoms with Gasteiger partial charge in [-0.2, -0.15) is 0 Å². The first-order valence-electron chi connectivity index (χ1n) is 5.64. The second kappa shape index (κ2) is 3.99. The number of furan rings is 1. The highest BCUT2D eigenvalue weighted by molar-refractivity contribution is 6.05. The Hall–Kier alpha value is -2.08. The Morgan fingerprint density at radius 1 is 0.944 bits per heavy atom. The van der Waals surface area contributed by atoms with E-state index in [9.17, 15) is 0 Å². The van der Waals surface area contributed by atoms with Crippen LogP contribution in [-0.2, 0) is 0 Å². The third-order valence-electron chi connectivity index (χ3n) is 3.18. The standard InChI is InChI=1S/C16H9O.ClH/c1-2-6-12-11(5-1)9-10-15-16(12)13-7-3-4-8-14(13)17-15;/h1-5,7-10H;1H/q+1;/p-1. The Kier molecular flexibility index (Phi) is 2.45. The van der Waals surface area contributed by atoms with Crippen LogP contribution >= 0.6 is 0 Å². The highest BCUT2D eigenvalue weighted by Crippen LogP contribution is 2.24. The molecule has 1 aliphatic rings. The van der Waals surface area contributed by atoms with E-state index < -0.39 is 0 Å². The second-order valence-electron chi connectivity index (χ2n) is 4.17. The van der Waals surface area contributed by atoms with E-state index in [1.165, 1.54) is 10.6 Å². The quantitative estimate of drug-likeness (QED) is 0.496. The number of benzene rings is 2. The monoisotopic (exact) mass is 252 g/mol. The van der Waals surface area contributed by atoms with Crippen molar-refractivity contribution in [2.75, 3.05) is 0 Å². The van der Waals surface area contributed by atoms with Crippen molar-refractivity contribution in [3.05, 3.63) is 59.0 Å². The van der Waals surface area contributed by atoms with Gasteiger partial charge in [0.1, 0.15) is 11.0 Å². The summed E-state index contributed by atoms with van der Waals surface area (Å²) >= 11 is 0. The van der Waals surface area contributed by atoms with E-state index in [4.69, 9.17) is 4.42 Å². The van der Waals surface area contributed by atoms with E-state index in [1.54, 1.807) is 0 Å². The molecule has 0 aliphatic heterocycles. The molecule has 1 heterocycles. The number of halogens is 1. The SMILES string of the molecule is [C+]1=c2c(ccc3oc4ccccc4c23)=CC=C1.[Cl-]. The average Bonchev–Trinajstić information content (AvgIpc) is 2.77. The van der Waals surface area contributed by atoms with E-state index in [0.717, 1.165) is 21.8 Å². The molecule has 0 atom stereocenters. The molecule has 0 N–H and O–H groups in total. The number of fused-ring (bicyclic) bond motifs is 5. The topological polar surface area (TPSA) is 13.1 Å². The third kappa shape index (κ3) is 1.39. The van der Waals surface area contributed by atoms with Crippen molar-refractivity contribution >= 4 is 34.1 Å². The van der Waals surface area contributed by atoms with Crippen LogP contribution in [0.4, 0.5) is 0 Å². The molecule has 4 rings (SSSR count). The molecule has 0 amide bonds. The van der Waals surface area contributed by atoms with Gasteiger partial charge in [0.25, 0.3) is 0 Å². The predicted molar refractivity (Wildman–Crippen MR) is 70.0 cm³/mol. The van der Waals surface area contributed by atoms with Gasteiger partial charge in [0, 0.05) is 24.3 Å². The van der Waals surface area contributed by atoms with Crippen molar-refractivity contribution in [3.8, 4) is 0 Å². The number of hydrogen-bond donors (Lipinski definition) is 0. The van der Waals surface area contributed by atoms with Gasteiger partial charge in [0.15, 0.2) is 10.8 Å². The number of allylic oxidation sites excluding steroid dienone is 2. The van der Waals surface area contributed by atoms with Gasteiger partial charge >= 0.3 is 0 Å². The zero-order chi connectivity index (χ0) is 11.2. The van der Waals surface area contributed by atoms with Gasteiger partial charge in [0.05, 0.1) is 16.7 Å². The van der Waals surface area contributed by atoms with Gasteiger partial charge in [-0.05, 0) is 18.2 Å². The van der Waals surface area contributed by atoms with Gasteiger partial charge in [-0.25, -0.2) is 0 Å². The van der Waals surface area contributed by atoms with E-state index in [0.29, 0.717) is 0 Å². The summed E-state index contributed by atoms with van der Waals surface area (Å²) in [5.74, 6) is 0. The van der Waals surface area contributed by atoms with Crippen molar-refractivity contribution < 1.29 is 16.8 Å². The summed E-state index contributed by atoms with van der Waals surface area (Å²) in [4.78, 5) is 0. The van der Waals surface area contributed by atoms with Crippen LogP contribution in [0.3, 0.4) is 0 Å². The fraction of sp³-hybridized carbons (Fsp3) is 0. The fourth-order valence-electron chi connectivity index (χ4n) is 2.41. The molecular formula is C16H9ClO. The van der Waals surface area contributed by atoms with Crippen LogP contribution in [0.2, 0.25) is 0 Å². The summed E-state index contributed by atoms with van der Waals surface area (Å²) in [5, 5.41) is 4.66. The van der Waals surface area contributed by atoms with Gasteiger partial charge < -0.3 is 16.8 Å². The minimum atomic E-state index is 0. The zero-order valence-electron chi connectivity index (χ0n) is 9.48. The summed E-state index contributed by atoms with van der Waals surface area (Å²) in [7, 11) is 0. The average molecular weight is 253 g/mol. The van der Waals surface area contributed by atoms with Crippen molar-refractivity contribution in [3.63, 3.8) is 0 Å². The smallest absolute Gasteiger partial charge is 0.179 e. The van der Waals surface area contributed by atoms with Crippen molar-refractivity contribution in [2.24, 2.45) is 0 Å². The molecule has 2 aromatic carbocycles. The molecule has 1 nitrogen and oxygen atoms in total. The Labute approximate surface area is 110 Å². The summed E-state index contributed by atoms with van der Waals surface area (Å²) in [6, 6.07) is 12.3. The molecule has 86 valence electrons. The van der Waals surface area contributed by atoms with Gasteiger partial charge in [0.2, 0.25) is 0 Å². The highest BCUT2D eigenvalue weighted by Gasteiger charge is 2.14. The lowest BCUT2D eigenvalue weighted by Gasteiger charge is -1.88.